The van der Waals surface area contributed by atoms with E-state index in [1.807, 2.05) is 0 Å². The zero-order chi connectivity index (χ0) is 15.4. The van der Waals surface area contributed by atoms with Crippen LogP contribution in [-0.4, -0.2) is 15.5 Å². The summed E-state index contributed by atoms with van der Waals surface area (Å²) in [5.74, 6) is 0.909. The van der Waals surface area contributed by atoms with Gasteiger partial charge in [-0.3, -0.25) is 0 Å². The van der Waals surface area contributed by atoms with E-state index >= 15 is 0 Å². The second-order valence-electron chi connectivity index (χ2n) is 5.76. The minimum Gasteiger partial charge on any atom is -0.338 e. The molecule has 1 atom stereocenters. The third-order valence-corrected chi connectivity index (χ3v) is 5.18. The molecule has 23 heavy (non-hydrogen) atoms. The van der Waals surface area contributed by atoms with E-state index in [2.05, 4.69) is 70.6 Å². The number of benzene rings is 3. The van der Waals surface area contributed by atoms with Crippen LogP contribution in [0.1, 0.15) is 0 Å². The van der Waals surface area contributed by atoms with Gasteiger partial charge in [0.2, 0.25) is 5.50 Å². The molecule has 3 aromatic carbocycles. The molecule has 1 aromatic heterocycles. The molecule has 5 N–H and O–H groups in total. The predicted octanol–water partition coefficient (Wildman–Crippen LogP) is 3.43. The van der Waals surface area contributed by atoms with Gasteiger partial charge < -0.3 is 16.0 Å². The molecular formula is C18H15N4S+. The van der Waals surface area contributed by atoms with Gasteiger partial charge in [-0.05, 0) is 52.9 Å². The van der Waals surface area contributed by atoms with Crippen molar-refractivity contribution in [3.63, 3.8) is 0 Å². The standard InChI is InChI=1S/C18H14N4S/c19-18-22-13-6-5-12(9-16(13)23-18)17-20-14-7-10-3-1-2-4-11(10)8-15(14)21-17/h1-9,18,22H,19H2,(H,20,21)/p+1/t18-/m1/s1. The van der Waals surface area contributed by atoms with Gasteiger partial charge in [0.15, 0.2) is 0 Å². The van der Waals surface area contributed by atoms with E-state index in [0.29, 0.717) is 0 Å². The van der Waals surface area contributed by atoms with Crippen molar-refractivity contribution in [1.82, 2.24) is 9.97 Å². The van der Waals surface area contributed by atoms with Crippen molar-refractivity contribution in [1.29, 1.82) is 0 Å². The number of rotatable bonds is 1. The molecule has 0 radical (unpaired) electrons. The Balaban J connectivity index is 1.66. The Morgan fingerprint density at radius 3 is 2.70 bits per heavy atom. The quantitative estimate of drug-likeness (QED) is 0.503. The minimum absolute atomic E-state index is 0.182. The Kier molecular flexibility index (Phi) is 2.68. The molecule has 0 saturated carbocycles. The second kappa shape index (κ2) is 4.75. The van der Waals surface area contributed by atoms with E-state index in [1.165, 1.54) is 15.7 Å². The maximum Gasteiger partial charge on any atom is 0.210 e. The van der Waals surface area contributed by atoms with Crippen molar-refractivity contribution in [3.05, 3.63) is 54.6 Å². The van der Waals surface area contributed by atoms with Crippen molar-refractivity contribution in [2.45, 2.75) is 10.4 Å². The molecule has 0 aliphatic carbocycles. The number of hydrogen-bond acceptors (Lipinski definition) is 3. The molecule has 2 heterocycles. The van der Waals surface area contributed by atoms with E-state index in [1.54, 1.807) is 11.8 Å². The summed E-state index contributed by atoms with van der Waals surface area (Å²) in [5, 5.41) is 5.79. The molecule has 5 heteroatoms. The summed E-state index contributed by atoms with van der Waals surface area (Å²) in [6.07, 6.45) is 0. The third-order valence-electron chi connectivity index (χ3n) is 4.19. The molecule has 4 aromatic rings. The van der Waals surface area contributed by atoms with Crippen LogP contribution >= 0.6 is 11.8 Å². The largest absolute Gasteiger partial charge is 0.338 e. The van der Waals surface area contributed by atoms with Crippen LogP contribution in [0, 0.1) is 0 Å². The molecule has 0 spiro atoms. The van der Waals surface area contributed by atoms with Gasteiger partial charge in [-0.2, -0.15) is 0 Å². The summed E-state index contributed by atoms with van der Waals surface area (Å²) in [6, 6.07) is 19.0. The number of thioether (sulfide) groups is 1. The number of aromatic amines is 1. The Morgan fingerprint density at radius 1 is 1.00 bits per heavy atom. The lowest BCUT2D eigenvalue weighted by Gasteiger charge is -2.00. The Labute approximate surface area is 137 Å². The topological polar surface area (TPSA) is 68.3 Å². The third kappa shape index (κ3) is 2.09. The number of fused-ring (bicyclic) bond motifs is 3. The molecule has 0 amide bonds. The summed E-state index contributed by atoms with van der Waals surface area (Å²) in [5.41, 5.74) is 8.56. The molecule has 112 valence electrons. The van der Waals surface area contributed by atoms with Crippen molar-refractivity contribution in [3.8, 4) is 11.4 Å². The molecule has 0 bridgehead atoms. The number of H-pyrrole nitrogens is 1. The average Bonchev–Trinajstić information content (AvgIpc) is 3.13. The summed E-state index contributed by atoms with van der Waals surface area (Å²) in [6.45, 7) is 0. The molecule has 4 nitrogen and oxygen atoms in total. The van der Waals surface area contributed by atoms with Crippen LogP contribution in [0.25, 0.3) is 33.2 Å². The van der Waals surface area contributed by atoms with E-state index in [9.17, 15) is 0 Å². The molecule has 0 saturated heterocycles. The maximum absolute atomic E-state index is 4.78. The van der Waals surface area contributed by atoms with Crippen LogP contribution in [0.15, 0.2) is 59.5 Å². The smallest absolute Gasteiger partial charge is 0.210 e. The maximum atomic E-state index is 4.78. The fourth-order valence-corrected chi connectivity index (χ4v) is 4.02. The summed E-state index contributed by atoms with van der Waals surface area (Å²) < 4.78 is 0. The highest BCUT2D eigenvalue weighted by Crippen LogP contribution is 2.38. The van der Waals surface area contributed by atoms with Crippen molar-refractivity contribution in [2.75, 3.05) is 5.32 Å². The summed E-state index contributed by atoms with van der Waals surface area (Å²) in [4.78, 5) is 9.46. The number of anilines is 1. The van der Waals surface area contributed by atoms with Crippen molar-refractivity contribution >= 4 is 39.3 Å². The molecule has 0 fully saturated rings. The van der Waals surface area contributed by atoms with E-state index in [4.69, 9.17) is 4.98 Å². The van der Waals surface area contributed by atoms with Crippen LogP contribution in [0.4, 0.5) is 5.69 Å². The van der Waals surface area contributed by atoms with Gasteiger partial charge in [0, 0.05) is 10.5 Å². The van der Waals surface area contributed by atoms with Crippen molar-refractivity contribution < 1.29 is 5.73 Å². The number of imidazole rings is 1. The highest BCUT2D eigenvalue weighted by Gasteiger charge is 2.21. The Hall–Kier alpha value is -2.50. The lowest BCUT2D eigenvalue weighted by Crippen LogP contribution is -2.61. The van der Waals surface area contributed by atoms with Crippen LogP contribution in [0.2, 0.25) is 0 Å². The predicted molar refractivity (Wildman–Crippen MR) is 95.2 cm³/mol. The van der Waals surface area contributed by atoms with Crippen molar-refractivity contribution in [2.24, 2.45) is 0 Å². The minimum atomic E-state index is 0.182. The zero-order valence-electron chi connectivity index (χ0n) is 12.3. The van der Waals surface area contributed by atoms with Gasteiger partial charge in [0.1, 0.15) is 5.82 Å². The van der Waals surface area contributed by atoms with Gasteiger partial charge in [-0.15, -0.1) is 0 Å². The number of nitrogens with zero attached hydrogens (tertiary/aromatic N) is 1. The normalized spacial score (nSPS) is 16.7. The van der Waals surface area contributed by atoms with E-state index in [0.717, 1.165) is 28.1 Å². The fraction of sp³-hybridized carbons (Fsp3) is 0.0556. The first-order chi connectivity index (χ1) is 11.3. The Morgan fingerprint density at radius 2 is 1.83 bits per heavy atom. The summed E-state index contributed by atoms with van der Waals surface area (Å²) >= 11 is 1.74. The first kappa shape index (κ1) is 13.0. The van der Waals surface area contributed by atoms with E-state index in [-0.39, 0.29) is 5.50 Å². The first-order valence-corrected chi connectivity index (χ1v) is 8.43. The van der Waals surface area contributed by atoms with Gasteiger partial charge in [-0.25, -0.2) is 4.98 Å². The molecule has 1 aliphatic heterocycles. The molecule has 0 unspecified atom stereocenters. The van der Waals surface area contributed by atoms with Crippen LogP contribution in [-0.2, 0) is 0 Å². The fourth-order valence-electron chi connectivity index (χ4n) is 3.08. The van der Waals surface area contributed by atoms with Crippen LogP contribution in [0.3, 0.4) is 0 Å². The number of quaternary nitrogens is 1. The molecular weight excluding hydrogens is 304 g/mol. The lowest BCUT2D eigenvalue weighted by molar-refractivity contribution is -0.376. The van der Waals surface area contributed by atoms with Gasteiger partial charge in [0.25, 0.3) is 0 Å². The van der Waals surface area contributed by atoms with Gasteiger partial charge in [0.05, 0.1) is 16.7 Å². The second-order valence-corrected chi connectivity index (χ2v) is 7.01. The SMILES string of the molecule is [NH3+][C@@H]1Nc2ccc(-c3nc4cc5ccccc5cc4[nH]3)cc2S1. The number of hydrogen-bond donors (Lipinski definition) is 3. The molecule has 5 rings (SSSR count). The highest BCUT2D eigenvalue weighted by atomic mass is 32.2. The highest BCUT2D eigenvalue weighted by molar-refractivity contribution is 8.00. The molecule has 1 aliphatic rings. The van der Waals surface area contributed by atoms with Gasteiger partial charge in [-0.1, -0.05) is 24.3 Å². The van der Waals surface area contributed by atoms with Crippen LogP contribution < -0.4 is 11.1 Å². The first-order valence-electron chi connectivity index (χ1n) is 7.55. The number of nitrogens with one attached hydrogen (secondary N) is 2. The monoisotopic (exact) mass is 319 g/mol. The average molecular weight is 319 g/mol. The number of aromatic nitrogens is 2. The van der Waals surface area contributed by atoms with E-state index < -0.39 is 0 Å². The van der Waals surface area contributed by atoms with Gasteiger partial charge >= 0.3 is 0 Å². The van der Waals surface area contributed by atoms with Crippen LogP contribution in [0.5, 0.6) is 0 Å². The Bertz CT molecular complexity index is 1000. The summed E-state index contributed by atoms with van der Waals surface area (Å²) in [7, 11) is 0. The zero-order valence-corrected chi connectivity index (χ0v) is 13.2. The lowest BCUT2D eigenvalue weighted by atomic mass is 10.1.